The van der Waals surface area contributed by atoms with Crippen molar-refractivity contribution in [3.63, 3.8) is 0 Å². The summed E-state index contributed by atoms with van der Waals surface area (Å²) >= 11 is 0. The van der Waals surface area contributed by atoms with Gasteiger partial charge in [-0.15, -0.1) is 0 Å². The Kier molecular flexibility index (Phi) is 6.81. The van der Waals surface area contributed by atoms with E-state index in [0.717, 1.165) is 30.3 Å². The van der Waals surface area contributed by atoms with Gasteiger partial charge in [-0.25, -0.2) is 14.0 Å². The lowest BCUT2D eigenvalue weighted by atomic mass is 10.1. The van der Waals surface area contributed by atoms with Gasteiger partial charge in [-0.3, -0.25) is 0 Å². The Labute approximate surface area is 163 Å². The second kappa shape index (κ2) is 9.09. The molecule has 0 unspecified atom stereocenters. The fourth-order valence-corrected chi connectivity index (χ4v) is 2.27. The van der Waals surface area contributed by atoms with Crippen LogP contribution in [0, 0.1) is 5.82 Å². The Bertz CT molecular complexity index is 942. The third-order valence-corrected chi connectivity index (χ3v) is 3.64. The summed E-state index contributed by atoms with van der Waals surface area (Å²) in [4.78, 5) is 23.5. The lowest BCUT2D eigenvalue weighted by molar-refractivity contribution is -0.137. The van der Waals surface area contributed by atoms with Gasteiger partial charge in [-0.1, -0.05) is 0 Å². The molecule has 6 nitrogen and oxygen atoms in total. The zero-order chi connectivity index (χ0) is 21.6. The molecule has 0 aliphatic carbocycles. The summed E-state index contributed by atoms with van der Waals surface area (Å²) in [5, 5.41) is 4.55. The number of amides is 2. The first-order valence-corrected chi connectivity index (χ1v) is 8.03. The van der Waals surface area contributed by atoms with Crippen molar-refractivity contribution in [2.24, 2.45) is 0 Å². The molecule has 0 aromatic heterocycles. The van der Waals surface area contributed by atoms with Gasteiger partial charge in [0.05, 0.1) is 31.2 Å². The standard InChI is InChI=1S/C19H16F4N2O4/c1-28-16-7-5-12(19(21,22)23)9-15(16)25-18(27)24-14-10-13(20)6-3-11(14)4-8-17(26)29-2/h3-10H,1-2H3,(H2,24,25,27)/b8-4+. The molecule has 2 N–H and O–H groups in total. The first kappa shape index (κ1) is 21.7. The number of rotatable bonds is 5. The van der Waals surface area contributed by atoms with Crippen LogP contribution in [0.1, 0.15) is 11.1 Å². The molecule has 2 rings (SSSR count). The summed E-state index contributed by atoms with van der Waals surface area (Å²) in [5.74, 6) is -1.34. The summed E-state index contributed by atoms with van der Waals surface area (Å²) < 4.78 is 61.7. The summed E-state index contributed by atoms with van der Waals surface area (Å²) in [6, 6.07) is 5.03. The van der Waals surface area contributed by atoms with E-state index in [9.17, 15) is 27.2 Å². The largest absolute Gasteiger partial charge is 0.495 e. The average Bonchev–Trinajstić information content (AvgIpc) is 2.66. The number of methoxy groups -OCH3 is 2. The van der Waals surface area contributed by atoms with Crippen LogP contribution in [0.4, 0.5) is 33.7 Å². The molecule has 0 aliphatic heterocycles. The number of benzene rings is 2. The molecule has 0 bridgehead atoms. The predicted octanol–water partition coefficient (Wildman–Crippen LogP) is 4.68. The molecular weight excluding hydrogens is 396 g/mol. The number of hydrogen-bond acceptors (Lipinski definition) is 4. The second-order valence-electron chi connectivity index (χ2n) is 5.58. The fraction of sp³-hybridized carbons (Fsp3) is 0.158. The van der Waals surface area contributed by atoms with Crippen molar-refractivity contribution in [2.75, 3.05) is 24.9 Å². The summed E-state index contributed by atoms with van der Waals surface area (Å²) in [5.41, 5.74) is -0.972. The quantitative estimate of drug-likeness (QED) is 0.425. The molecule has 0 saturated carbocycles. The SMILES string of the molecule is COC(=O)/C=C/c1ccc(F)cc1NC(=O)Nc1cc(C(F)(F)F)ccc1OC. The minimum atomic E-state index is -4.62. The van der Waals surface area contributed by atoms with Gasteiger partial charge in [0.1, 0.15) is 11.6 Å². The minimum Gasteiger partial charge on any atom is -0.495 e. The zero-order valence-electron chi connectivity index (χ0n) is 15.3. The summed E-state index contributed by atoms with van der Waals surface area (Å²) in [7, 11) is 2.40. The van der Waals surface area contributed by atoms with Gasteiger partial charge in [-0.2, -0.15) is 13.2 Å². The lowest BCUT2D eigenvalue weighted by Gasteiger charge is -2.15. The van der Waals surface area contributed by atoms with Crippen molar-refractivity contribution in [3.8, 4) is 5.75 Å². The van der Waals surface area contributed by atoms with Gasteiger partial charge >= 0.3 is 18.2 Å². The third kappa shape index (κ3) is 5.96. The summed E-state index contributed by atoms with van der Waals surface area (Å²) in [6.07, 6.45) is -2.27. The number of anilines is 2. The van der Waals surface area contributed by atoms with Gasteiger partial charge in [0, 0.05) is 6.08 Å². The Morgan fingerprint density at radius 2 is 1.69 bits per heavy atom. The second-order valence-corrected chi connectivity index (χ2v) is 5.58. The van der Waals surface area contributed by atoms with Crippen LogP contribution in [-0.4, -0.2) is 26.2 Å². The highest BCUT2D eigenvalue weighted by Crippen LogP contribution is 2.35. The van der Waals surface area contributed by atoms with Crippen molar-refractivity contribution in [2.45, 2.75) is 6.18 Å². The van der Waals surface area contributed by atoms with Crippen LogP contribution >= 0.6 is 0 Å². The molecule has 0 radical (unpaired) electrons. The summed E-state index contributed by atoms with van der Waals surface area (Å²) in [6.45, 7) is 0. The van der Waals surface area contributed by atoms with E-state index in [-0.39, 0.29) is 22.7 Å². The maximum absolute atomic E-state index is 13.6. The van der Waals surface area contributed by atoms with Crippen molar-refractivity contribution in [1.29, 1.82) is 0 Å². The van der Waals surface area contributed by atoms with Gasteiger partial charge in [-0.05, 0) is 48.0 Å². The van der Waals surface area contributed by atoms with Crippen LogP contribution in [-0.2, 0) is 15.7 Å². The minimum absolute atomic E-state index is 0.00166. The number of carbonyl (C=O) groups excluding carboxylic acids is 2. The highest BCUT2D eigenvalue weighted by atomic mass is 19.4. The molecular formula is C19H16F4N2O4. The van der Waals surface area contributed by atoms with Crippen LogP contribution in [0.5, 0.6) is 5.75 Å². The predicted molar refractivity (Wildman–Crippen MR) is 98.1 cm³/mol. The number of nitrogens with one attached hydrogen (secondary N) is 2. The van der Waals surface area contributed by atoms with E-state index >= 15 is 0 Å². The maximum Gasteiger partial charge on any atom is 0.416 e. The number of halogens is 4. The monoisotopic (exact) mass is 412 g/mol. The molecule has 10 heteroatoms. The maximum atomic E-state index is 13.6. The molecule has 0 heterocycles. The fourth-order valence-electron chi connectivity index (χ4n) is 2.27. The van der Waals surface area contributed by atoms with Crippen molar-refractivity contribution < 1.29 is 36.6 Å². The molecule has 2 aromatic carbocycles. The van der Waals surface area contributed by atoms with E-state index in [1.807, 2.05) is 0 Å². The molecule has 0 spiro atoms. The number of hydrogen-bond donors (Lipinski definition) is 2. The van der Waals surface area contributed by atoms with Crippen molar-refractivity contribution in [3.05, 3.63) is 59.4 Å². The molecule has 154 valence electrons. The van der Waals surface area contributed by atoms with E-state index in [1.165, 1.54) is 26.4 Å². The van der Waals surface area contributed by atoms with Gasteiger partial charge in [0.25, 0.3) is 0 Å². The van der Waals surface area contributed by atoms with Crippen LogP contribution < -0.4 is 15.4 Å². The van der Waals surface area contributed by atoms with Crippen molar-refractivity contribution >= 4 is 29.5 Å². The van der Waals surface area contributed by atoms with E-state index in [1.54, 1.807) is 0 Å². The van der Waals surface area contributed by atoms with Crippen LogP contribution in [0.15, 0.2) is 42.5 Å². The highest BCUT2D eigenvalue weighted by molar-refractivity contribution is 6.02. The molecule has 0 atom stereocenters. The van der Waals surface area contributed by atoms with E-state index in [0.29, 0.717) is 6.07 Å². The number of carbonyl (C=O) groups is 2. The number of alkyl halides is 3. The smallest absolute Gasteiger partial charge is 0.416 e. The van der Waals surface area contributed by atoms with Crippen LogP contribution in [0.3, 0.4) is 0 Å². The average molecular weight is 412 g/mol. The Morgan fingerprint density at radius 1 is 1.00 bits per heavy atom. The first-order valence-electron chi connectivity index (χ1n) is 8.03. The highest BCUT2D eigenvalue weighted by Gasteiger charge is 2.31. The number of ether oxygens (including phenoxy) is 2. The van der Waals surface area contributed by atoms with E-state index in [2.05, 4.69) is 15.4 Å². The third-order valence-electron chi connectivity index (χ3n) is 3.64. The van der Waals surface area contributed by atoms with Gasteiger partial charge < -0.3 is 20.1 Å². The van der Waals surface area contributed by atoms with E-state index < -0.39 is 29.6 Å². The Balaban J connectivity index is 2.27. The van der Waals surface area contributed by atoms with Crippen molar-refractivity contribution in [1.82, 2.24) is 0 Å². The molecule has 2 aromatic rings. The van der Waals surface area contributed by atoms with E-state index in [4.69, 9.17) is 4.74 Å². The number of esters is 1. The van der Waals surface area contributed by atoms with Gasteiger partial charge in [0.2, 0.25) is 0 Å². The molecule has 2 amide bonds. The van der Waals surface area contributed by atoms with Crippen LogP contribution in [0.2, 0.25) is 0 Å². The van der Waals surface area contributed by atoms with Gasteiger partial charge in [0.15, 0.2) is 0 Å². The molecule has 0 saturated heterocycles. The zero-order valence-corrected chi connectivity index (χ0v) is 15.3. The first-order chi connectivity index (χ1) is 13.6. The Morgan fingerprint density at radius 3 is 2.31 bits per heavy atom. The Hall–Kier alpha value is -3.56. The molecule has 0 aliphatic rings. The normalized spacial score (nSPS) is 11.2. The lowest BCUT2D eigenvalue weighted by Crippen LogP contribution is -2.21. The molecule has 0 fully saturated rings. The number of urea groups is 1. The molecule has 29 heavy (non-hydrogen) atoms. The topological polar surface area (TPSA) is 76.7 Å². The van der Waals surface area contributed by atoms with Crippen LogP contribution in [0.25, 0.3) is 6.08 Å².